The van der Waals surface area contributed by atoms with Gasteiger partial charge in [0.15, 0.2) is 5.75 Å². The van der Waals surface area contributed by atoms with Gasteiger partial charge in [0, 0.05) is 5.02 Å². The molecule has 0 saturated carbocycles. The van der Waals surface area contributed by atoms with Crippen molar-refractivity contribution in [1.82, 2.24) is 0 Å². The summed E-state index contributed by atoms with van der Waals surface area (Å²) >= 11 is 7.26. The summed E-state index contributed by atoms with van der Waals surface area (Å²) in [5.74, 6) is -1.74. The van der Waals surface area contributed by atoms with Crippen LogP contribution in [0.5, 0.6) is 5.75 Å². The quantitative estimate of drug-likeness (QED) is 0.853. The Morgan fingerprint density at radius 2 is 2.13 bits per heavy atom. The SMILES string of the molecule is O=C(O)c1cc(Cl)cc(I)c1OC(F)F. The molecule has 0 amide bonds. The molecule has 1 N–H and O–H groups in total. The molecular formula is C8H4ClF2IO3. The van der Waals surface area contributed by atoms with Gasteiger partial charge in [0.25, 0.3) is 0 Å². The molecule has 0 bridgehead atoms. The average molecular weight is 348 g/mol. The normalized spacial score (nSPS) is 10.5. The fourth-order valence-electron chi connectivity index (χ4n) is 0.928. The van der Waals surface area contributed by atoms with Crippen LogP contribution in [-0.2, 0) is 0 Å². The Morgan fingerprint density at radius 3 is 2.60 bits per heavy atom. The molecule has 0 fully saturated rings. The van der Waals surface area contributed by atoms with Gasteiger partial charge in [-0.15, -0.1) is 0 Å². The van der Waals surface area contributed by atoms with Gasteiger partial charge in [-0.3, -0.25) is 0 Å². The van der Waals surface area contributed by atoms with Crippen LogP contribution in [0, 0.1) is 3.57 Å². The summed E-state index contributed by atoms with van der Waals surface area (Å²) in [6, 6.07) is 2.40. The van der Waals surface area contributed by atoms with Crippen LogP contribution in [0.15, 0.2) is 12.1 Å². The number of hydrogen-bond donors (Lipinski definition) is 1. The minimum absolute atomic E-state index is 0.151. The lowest BCUT2D eigenvalue weighted by molar-refractivity contribution is -0.0509. The second-order valence-electron chi connectivity index (χ2n) is 2.45. The summed E-state index contributed by atoms with van der Waals surface area (Å²) in [4.78, 5) is 10.7. The van der Waals surface area contributed by atoms with Crippen molar-refractivity contribution in [2.24, 2.45) is 0 Å². The Labute approximate surface area is 102 Å². The summed E-state index contributed by atoms with van der Waals surface area (Å²) in [5.41, 5.74) is -0.382. The highest BCUT2D eigenvalue weighted by Crippen LogP contribution is 2.30. The topological polar surface area (TPSA) is 46.5 Å². The van der Waals surface area contributed by atoms with E-state index in [2.05, 4.69) is 4.74 Å². The lowest BCUT2D eigenvalue weighted by atomic mass is 10.2. The van der Waals surface area contributed by atoms with E-state index in [9.17, 15) is 13.6 Å². The summed E-state index contributed by atoms with van der Waals surface area (Å²) in [6.07, 6.45) is 0. The molecule has 1 aromatic carbocycles. The van der Waals surface area contributed by atoms with Gasteiger partial charge in [-0.2, -0.15) is 8.78 Å². The van der Waals surface area contributed by atoms with Crippen LogP contribution < -0.4 is 4.74 Å². The van der Waals surface area contributed by atoms with Crippen LogP contribution in [0.25, 0.3) is 0 Å². The fraction of sp³-hybridized carbons (Fsp3) is 0.125. The first kappa shape index (κ1) is 12.4. The van der Waals surface area contributed by atoms with Crippen LogP contribution in [0.4, 0.5) is 8.78 Å². The predicted octanol–water partition coefficient (Wildman–Crippen LogP) is 3.24. The first-order valence-corrected chi connectivity index (χ1v) is 5.04. The molecular weight excluding hydrogens is 344 g/mol. The van der Waals surface area contributed by atoms with E-state index < -0.39 is 12.6 Å². The second-order valence-corrected chi connectivity index (χ2v) is 4.05. The summed E-state index contributed by atoms with van der Waals surface area (Å²) in [5, 5.41) is 8.89. The molecule has 0 radical (unpaired) electrons. The summed E-state index contributed by atoms with van der Waals surface area (Å²) in [7, 11) is 0. The number of halogens is 4. The van der Waals surface area contributed by atoms with Crippen LogP contribution in [0.2, 0.25) is 5.02 Å². The molecule has 7 heteroatoms. The highest BCUT2D eigenvalue weighted by molar-refractivity contribution is 14.1. The minimum Gasteiger partial charge on any atom is -0.478 e. The Kier molecular flexibility index (Phi) is 4.09. The molecule has 1 aromatic rings. The smallest absolute Gasteiger partial charge is 0.387 e. The van der Waals surface area contributed by atoms with Crippen molar-refractivity contribution >= 4 is 40.2 Å². The number of carboxylic acid groups (broad SMARTS) is 1. The van der Waals surface area contributed by atoms with Gasteiger partial charge in [-0.1, -0.05) is 11.6 Å². The van der Waals surface area contributed by atoms with Crippen LogP contribution in [0.1, 0.15) is 10.4 Å². The molecule has 0 atom stereocenters. The fourth-order valence-corrected chi connectivity index (χ4v) is 2.08. The zero-order valence-electron chi connectivity index (χ0n) is 7.01. The van der Waals surface area contributed by atoms with E-state index in [0.29, 0.717) is 0 Å². The molecule has 1 rings (SSSR count). The van der Waals surface area contributed by atoms with Gasteiger partial charge >= 0.3 is 12.6 Å². The van der Waals surface area contributed by atoms with Gasteiger partial charge in [-0.05, 0) is 34.7 Å². The van der Waals surface area contributed by atoms with Crippen molar-refractivity contribution in [3.8, 4) is 5.75 Å². The average Bonchev–Trinajstić information content (AvgIpc) is 2.08. The summed E-state index contributed by atoms with van der Waals surface area (Å²) < 4.78 is 28.3. The van der Waals surface area contributed by atoms with E-state index in [4.69, 9.17) is 16.7 Å². The third-order valence-corrected chi connectivity index (χ3v) is 2.47. The monoisotopic (exact) mass is 348 g/mol. The third kappa shape index (κ3) is 3.16. The molecule has 0 heterocycles. The number of benzene rings is 1. The number of ether oxygens (including phenoxy) is 1. The second kappa shape index (κ2) is 4.93. The van der Waals surface area contributed by atoms with Crippen molar-refractivity contribution in [3.63, 3.8) is 0 Å². The zero-order chi connectivity index (χ0) is 11.6. The van der Waals surface area contributed by atoms with E-state index in [1.54, 1.807) is 22.6 Å². The number of carboxylic acids is 1. The molecule has 0 aliphatic heterocycles. The van der Waals surface area contributed by atoms with Gasteiger partial charge in [-0.25, -0.2) is 4.79 Å². The lowest BCUT2D eigenvalue weighted by Crippen LogP contribution is -2.09. The van der Waals surface area contributed by atoms with Crippen molar-refractivity contribution in [3.05, 3.63) is 26.3 Å². The largest absolute Gasteiger partial charge is 0.478 e. The molecule has 0 aromatic heterocycles. The van der Waals surface area contributed by atoms with Crippen LogP contribution >= 0.6 is 34.2 Å². The highest BCUT2D eigenvalue weighted by Gasteiger charge is 2.19. The van der Waals surface area contributed by atoms with Crippen molar-refractivity contribution in [2.75, 3.05) is 0 Å². The van der Waals surface area contributed by atoms with Gasteiger partial charge in [0.2, 0.25) is 0 Å². The molecule has 0 aliphatic rings. The Balaban J connectivity index is 3.27. The third-order valence-electron chi connectivity index (χ3n) is 1.45. The number of hydrogen-bond acceptors (Lipinski definition) is 2. The van der Waals surface area contributed by atoms with Crippen molar-refractivity contribution < 1.29 is 23.4 Å². The maximum Gasteiger partial charge on any atom is 0.387 e. The predicted molar refractivity (Wildman–Crippen MR) is 57.8 cm³/mol. The van der Waals surface area contributed by atoms with E-state index in [1.165, 1.54) is 6.07 Å². The van der Waals surface area contributed by atoms with Crippen LogP contribution in [-0.4, -0.2) is 17.7 Å². The summed E-state index contributed by atoms with van der Waals surface area (Å²) in [6.45, 7) is -3.07. The number of alkyl halides is 2. The number of aromatic carboxylic acids is 1. The standard InChI is InChI=1S/C8H4ClF2IO3/c9-3-1-4(7(13)14)6(5(12)2-3)15-8(10)11/h1-2,8H,(H,13,14). The molecule has 3 nitrogen and oxygen atoms in total. The van der Waals surface area contributed by atoms with Crippen molar-refractivity contribution in [1.29, 1.82) is 0 Å². The Morgan fingerprint density at radius 1 is 1.53 bits per heavy atom. The maximum absolute atomic E-state index is 12.0. The molecule has 82 valence electrons. The van der Waals surface area contributed by atoms with E-state index in [-0.39, 0.29) is 19.9 Å². The highest BCUT2D eigenvalue weighted by atomic mass is 127. The molecule has 0 spiro atoms. The lowest BCUT2D eigenvalue weighted by Gasteiger charge is -2.10. The van der Waals surface area contributed by atoms with E-state index in [1.807, 2.05) is 0 Å². The number of carbonyl (C=O) groups is 1. The molecule has 15 heavy (non-hydrogen) atoms. The first-order chi connectivity index (χ1) is 6.91. The Bertz CT molecular complexity index is 398. The van der Waals surface area contributed by atoms with Gasteiger partial charge in [0.1, 0.15) is 5.56 Å². The minimum atomic E-state index is -3.07. The van der Waals surface area contributed by atoms with Gasteiger partial charge < -0.3 is 9.84 Å². The molecule has 0 saturated heterocycles. The first-order valence-electron chi connectivity index (χ1n) is 3.59. The van der Waals surface area contributed by atoms with Crippen molar-refractivity contribution in [2.45, 2.75) is 6.61 Å². The van der Waals surface area contributed by atoms with E-state index >= 15 is 0 Å². The Hall–Kier alpha value is -0.630. The zero-order valence-corrected chi connectivity index (χ0v) is 9.92. The molecule has 0 aliphatic carbocycles. The molecule has 0 unspecified atom stereocenters. The number of rotatable bonds is 3. The maximum atomic E-state index is 12.0. The van der Waals surface area contributed by atoms with E-state index in [0.717, 1.165) is 6.07 Å². The van der Waals surface area contributed by atoms with Crippen LogP contribution in [0.3, 0.4) is 0 Å². The van der Waals surface area contributed by atoms with Gasteiger partial charge in [0.05, 0.1) is 3.57 Å².